The lowest BCUT2D eigenvalue weighted by Gasteiger charge is -2.12. The second-order valence-electron chi connectivity index (χ2n) is 4.72. The lowest BCUT2D eigenvalue weighted by molar-refractivity contribution is 0.979. The molecule has 0 aliphatic heterocycles. The van der Waals surface area contributed by atoms with Crippen LogP contribution in [-0.4, -0.2) is 17.0 Å². The van der Waals surface area contributed by atoms with Gasteiger partial charge in [0.2, 0.25) is 0 Å². The maximum absolute atomic E-state index is 6.28. The molecule has 3 rings (SSSR count). The first-order valence-corrected chi connectivity index (χ1v) is 8.15. The van der Waals surface area contributed by atoms with Gasteiger partial charge in [0.05, 0.1) is 19.3 Å². The van der Waals surface area contributed by atoms with Gasteiger partial charge in [-0.2, -0.15) is 0 Å². The van der Waals surface area contributed by atoms with Gasteiger partial charge in [0.25, 0.3) is 0 Å². The van der Waals surface area contributed by atoms with E-state index in [0.717, 1.165) is 20.6 Å². The van der Waals surface area contributed by atoms with Crippen molar-refractivity contribution in [2.75, 3.05) is 12.4 Å². The third-order valence-electron chi connectivity index (χ3n) is 3.27. The Bertz CT molecular complexity index is 672. The zero-order valence-electron chi connectivity index (χ0n) is 10.8. The fourth-order valence-electron chi connectivity index (χ4n) is 2.05. The molecule has 0 radical (unpaired) electrons. The van der Waals surface area contributed by atoms with Crippen LogP contribution in [0.1, 0.15) is 24.5 Å². The van der Waals surface area contributed by atoms with Crippen molar-refractivity contribution in [3.8, 4) is 11.4 Å². The van der Waals surface area contributed by atoms with Crippen LogP contribution in [-0.2, 0) is 0 Å². The van der Waals surface area contributed by atoms with Crippen molar-refractivity contribution in [3.05, 3.63) is 37.5 Å². The minimum Gasteiger partial charge on any atom is -0.372 e. The topological polar surface area (TPSA) is 37.8 Å². The molecular formula is C14H12Cl2IN3. The molecule has 1 aliphatic carbocycles. The van der Waals surface area contributed by atoms with Crippen molar-refractivity contribution in [3.63, 3.8) is 0 Å². The zero-order chi connectivity index (χ0) is 14.3. The van der Waals surface area contributed by atoms with E-state index in [0.29, 0.717) is 21.8 Å². The van der Waals surface area contributed by atoms with E-state index >= 15 is 0 Å². The Hall–Kier alpha value is -0.590. The largest absolute Gasteiger partial charge is 0.372 e. The average Bonchev–Trinajstić information content (AvgIpc) is 3.27. The Morgan fingerprint density at radius 3 is 2.65 bits per heavy atom. The van der Waals surface area contributed by atoms with Crippen LogP contribution < -0.4 is 5.32 Å². The van der Waals surface area contributed by atoms with Crippen molar-refractivity contribution >= 4 is 51.6 Å². The second-order valence-corrected chi connectivity index (χ2v) is 6.58. The average molecular weight is 420 g/mol. The summed E-state index contributed by atoms with van der Waals surface area (Å²) in [6.07, 6.45) is 2.39. The molecule has 6 heteroatoms. The highest BCUT2D eigenvalue weighted by atomic mass is 127. The van der Waals surface area contributed by atoms with Gasteiger partial charge in [0.15, 0.2) is 5.82 Å². The molecular weight excluding hydrogens is 408 g/mol. The van der Waals surface area contributed by atoms with Crippen molar-refractivity contribution in [1.82, 2.24) is 9.97 Å². The molecule has 1 heterocycles. The van der Waals surface area contributed by atoms with Crippen LogP contribution >= 0.6 is 45.8 Å². The Balaban J connectivity index is 2.18. The smallest absolute Gasteiger partial charge is 0.163 e. The third-order valence-corrected chi connectivity index (χ3v) is 5.15. The molecule has 0 spiro atoms. The number of aromatic nitrogens is 2. The monoisotopic (exact) mass is 419 g/mol. The van der Waals surface area contributed by atoms with Gasteiger partial charge in [-0.3, -0.25) is 0 Å². The standard InChI is InChI=1S/C14H12Cl2IN3/c1-18-14-11(17)12(7-5-6-7)19-13(20-14)8-3-2-4-9(15)10(8)16/h2-4,7H,5-6H2,1H3,(H,18,19,20). The molecule has 0 bridgehead atoms. The van der Waals surface area contributed by atoms with E-state index in [1.807, 2.05) is 19.2 Å². The molecule has 1 aliphatic rings. The second kappa shape index (κ2) is 5.66. The maximum atomic E-state index is 6.28. The van der Waals surface area contributed by atoms with Crippen molar-refractivity contribution < 1.29 is 0 Å². The van der Waals surface area contributed by atoms with Crippen LogP contribution in [0.25, 0.3) is 11.4 Å². The van der Waals surface area contributed by atoms with Gasteiger partial charge in [-0.25, -0.2) is 9.97 Å². The van der Waals surface area contributed by atoms with Crippen LogP contribution in [0.2, 0.25) is 10.0 Å². The van der Waals surface area contributed by atoms with E-state index in [9.17, 15) is 0 Å². The van der Waals surface area contributed by atoms with Crippen LogP contribution in [0.4, 0.5) is 5.82 Å². The molecule has 1 aromatic heterocycles. The van der Waals surface area contributed by atoms with Crippen molar-refractivity contribution in [2.24, 2.45) is 0 Å². The normalized spacial score (nSPS) is 14.4. The molecule has 0 saturated heterocycles. The van der Waals surface area contributed by atoms with Gasteiger partial charge >= 0.3 is 0 Å². The Morgan fingerprint density at radius 1 is 1.25 bits per heavy atom. The molecule has 1 fully saturated rings. The SMILES string of the molecule is CNc1nc(-c2cccc(Cl)c2Cl)nc(C2CC2)c1I. The van der Waals surface area contributed by atoms with E-state index in [4.69, 9.17) is 28.2 Å². The first kappa shape index (κ1) is 14.4. The van der Waals surface area contributed by atoms with Gasteiger partial charge in [-0.15, -0.1) is 0 Å². The number of hydrogen-bond acceptors (Lipinski definition) is 3. The first-order valence-electron chi connectivity index (χ1n) is 6.31. The molecule has 2 aromatic rings. The molecule has 3 nitrogen and oxygen atoms in total. The van der Waals surface area contributed by atoms with Crippen LogP contribution in [0.15, 0.2) is 18.2 Å². The number of halogens is 3. The first-order chi connectivity index (χ1) is 9.61. The number of nitrogens with zero attached hydrogens (tertiary/aromatic N) is 2. The van der Waals surface area contributed by atoms with Crippen molar-refractivity contribution in [1.29, 1.82) is 0 Å². The summed E-state index contributed by atoms with van der Waals surface area (Å²) < 4.78 is 1.09. The summed E-state index contributed by atoms with van der Waals surface area (Å²) in [6, 6.07) is 5.52. The highest BCUT2D eigenvalue weighted by molar-refractivity contribution is 14.1. The summed E-state index contributed by atoms with van der Waals surface area (Å²) >= 11 is 14.7. The van der Waals surface area contributed by atoms with E-state index in [1.54, 1.807) is 6.07 Å². The van der Waals surface area contributed by atoms with Gasteiger partial charge in [0.1, 0.15) is 5.82 Å². The molecule has 1 aromatic carbocycles. The summed E-state index contributed by atoms with van der Waals surface area (Å²) in [5, 5.41) is 4.15. The fraction of sp³-hybridized carbons (Fsp3) is 0.286. The molecule has 0 amide bonds. The van der Waals surface area contributed by atoms with Gasteiger partial charge in [0, 0.05) is 18.5 Å². The van der Waals surface area contributed by atoms with E-state index in [1.165, 1.54) is 12.8 Å². The summed E-state index contributed by atoms with van der Waals surface area (Å²) in [5.74, 6) is 2.02. The van der Waals surface area contributed by atoms with Crippen LogP contribution in [0.5, 0.6) is 0 Å². The highest BCUT2D eigenvalue weighted by Crippen LogP contribution is 2.43. The zero-order valence-corrected chi connectivity index (χ0v) is 14.4. The van der Waals surface area contributed by atoms with Crippen molar-refractivity contribution in [2.45, 2.75) is 18.8 Å². The molecule has 0 atom stereocenters. The molecule has 0 unspecified atom stereocenters. The minimum atomic E-state index is 0.499. The lowest BCUT2D eigenvalue weighted by Crippen LogP contribution is -2.05. The van der Waals surface area contributed by atoms with Gasteiger partial charge in [-0.1, -0.05) is 29.3 Å². The molecule has 1 saturated carbocycles. The fourth-order valence-corrected chi connectivity index (χ4v) is 3.39. The number of rotatable bonds is 3. The van der Waals surface area contributed by atoms with E-state index < -0.39 is 0 Å². The third kappa shape index (κ3) is 2.61. The Kier molecular flexibility index (Phi) is 4.06. The Labute approximate surface area is 141 Å². The highest BCUT2D eigenvalue weighted by Gasteiger charge is 2.29. The Morgan fingerprint density at radius 2 is 2.00 bits per heavy atom. The summed E-state index contributed by atoms with van der Waals surface area (Å²) in [7, 11) is 1.87. The number of nitrogens with one attached hydrogen (secondary N) is 1. The molecule has 20 heavy (non-hydrogen) atoms. The number of benzene rings is 1. The van der Waals surface area contributed by atoms with Crippen LogP contribution in [0, 0.1) is 3.57 Å². The van der Waals surface area contributed by atoms with Crippen LogP contribution in [0.3, 0.4) is 0 Å². The minimum absolute atomic E-state index is 0.499. The predicted molar refractivity (Wildman–Crippen MR) is 91.7 cm³/mol. The van der Waals surface area contributed by atoms with Gasteiger partial charge in [-0.05, 0) is 47.6 Å². The van der Waals surface area contributed by atoms with E-state index in [2.05, 4.69) is 32.9 Å². The quantitative estimate of drug-likeness (QED) is 0.713. The number of hydrogen-bond donors (Lipinski definition) is 1. The predicted octanol–water partition coefficient (Wildman–Crippen LogP) is 4.97. The lowest BCUT2D eigenvalue weighted by atomic mass is 10.2. The molecule has 1 N–H and O–H groups in total. The number of anilines is 1. The molecule has 104 valence electrons. The summed E-state index contributed by atoms with van der Waals surface area (Å²) in [6.45, 7) is 0. The van der Waals surface area contributed by atoms with E-state index in [-0.39, 0.29) is 0 Å². The van der Waals surface area contributed by atoms with Gasteiger partial charge < -0.3 is 5.32 Å². The maximum Gasteiger partial charge on any atom is 0.163 e. The summed E-state index contributed by atoms with van der Waals surface area (Å²) in [4.78, 5) is 9.27. The summed E-state index contributed by atoms with van der Waals surface area (Å²) in [5.41, 5.74) is 1.88.